The summed E-state index contributed by atoms with van der Waals surface area (Å²) in [5.41, 5.74) is 5.97. The Morgan fingerprint density at radius 2 is 1.84 bits per heavy atom. The van der Waals surface area contributed by atoms with E-state index in [0.717, 1.165) is 29.1 Å². The smallest absolute Gasteiger partial charge is 0.406 e. The number of alkyl halides is 3. The number of halogens is 3. The number of aromatic nitrogens is 3. The summed E-state index contributed by atoms with van der Waals surface area (Å²) < 4.78 is 42.6. The summed E-state index contributed by atoms with van der Waals surface area (Å²) in [5.74, 6) is 1.40. The number of carbonyl (C=O) groups is 1. The van der Waals surface area contributed by atoms with E-state index in [1.54, 1.807) is 11.8 Å². The number of aliphatic imine (C=N–C) groups is 1. The van der Waals surface area contributed by atoms with Crippen LogP contribution in [-0.4, -0.2) is 51.2 Å². The lowest BCUT2D eigenvalue weighted by Gasteiger charge is -2.24. The second-order valence-corrected chi connectivity index (χ2v) is 11.4. The van der Waals surface area contributed by atoms with Gasteiger partial charge in [0.2, 0.25) is 0 Å². The molecule has 0 bridgehead atoms. The number of ether oxygens (including phenoxy) is 1. The first kappa shape index (κ1) is 30.1. The monoisotopic (exact) mass is 608 g/mol. The molecular weight excluding hydrogens is 577 g/mol. The molecule has 1 aliphatic heterocycles. The highest BCUT2D eigenvalue weighted by Gasteiger charge is 2.31. The summed E-state index contributed by atoms with van der Waals surface area (Å²) in [5, 5.41) is 8.04. The van der Waals surface area contributed by atoms with Crippen LogP contribution >= 0.6 is 11.8 Å². The van der Waals surface area contributed by atoms with E-state index in [0.29, 0.717) is 35.6 Å². The Labute approximate surface area is 252 Å². The van der Waals surface area contributed by atoms with Gasteiger partial charge in [0.25, 0.3) is 0 Å². The second-order valence-electron chi connectivity index (χ2n) is 10.3. The summed E-state index contributed by atoms with van der Waals surface area (Å²) in [6.45, 7) is 7.71. The Bertz CT molecular complexity index is 1600. The van der Waals surface area contributed by atoms with Crippen molar-refractivity contribution in [3.63, 3.8) is 0 Å². The standard InChI is InChI=1S/C31H31F3N6O2S/c1-20(2)27-21(3)5-4-6-26(27)39-17-18-43-30(39)37-29(41)35-16-15-22-7-9-23(10-8-22)28-36-19-40(38-28)24-11-13-25(14-12-24)42-31(32,33)34/h4-14,19-20H,15-18H2,1-3H3,(H,35,41). The van der Waals surface area contributed by atoms with Gasteiger partial charge in [0, 0.05) is 30.1 Å². The van der Waals surface area contributed by atoms with Crippen LogP contribution in [0.3, 0.4) is 0 Å². The fraction of sp³-hybridized carbons (Fsp3) is 0.290. The molecule has 1 aromatic heterocycles. The van der Waals surface area contributed by atoms with Crippen LogP contribution in [0.5, 0.6) is 5.75 Å². The number of anilines is 1. The minimum atomic E-state index is -4.75. The van der Waals surface area contributed by atoms with Crippen LogP contribution in [0.15, 0.2) is 78.0 Å². The molecule has 43 heavy (non-hydrogen) atoms. The number of nitrogens with one attached hydrogen (secondary N) is 1. The summed E-state index contributed by atoms with van der Waals surface area (Å²) >= 11 is 1.59. The number of benzene rings is 3. The Balaban J connectivity index is 1.16. The van der Waals surface area contributed by atoms with E-state index in [4.69, 9.17) is 0 Å². The average molecular weight is 609 g/mol. The first-order chi connectivity index (χ1) is 20.6. The molecular formula is C31H31F3N6O2S. The highest BCUT2D eigenvalue weighted by molar-refractivity contribution is 8.14. The van der Waals surface area contributed by atoms with E-state index in [1.807, 2.05) is 30.3 Å². The molecule has 1 fully saturated rings. The van der Waals surface area contributed by atoms with Gasteiger partial charge in [0.05, 0.1) is 5.69 Å². The van der Waals surface area contributed by atoms with Crippen molar-refractivity contribution in [2.75, 3.05) is 23.7 Å². The first-order valence-electron chi connectivity index (χ1n) is 13.8. The molecule has 224 valence electrons. The molecule has 2 amide bonds. The van der Waals surface area contributed by atoms with E-state index in [9.17, 15) is 18.0 Å². The van der Waals surface area contributed by atoms with Crippen molar-refractivity contribution < 1.29 is 22.7 Å². The Kier molecular flexibility index (Phi) is 9.05. The number of hydrogen-bond acceptors (Lipinski definition) is 5. The number of thioether (sulfide) groups is 1. The van der Waals surface area contributed by atoms with Crippen LogP contribution in [0.4, 0.5) is 23.7 Å². The summed E-state index contributed by atoms with van der Waals surface area (Å²) in [7, 11) is 0. The molecule has 0 aliphatic carbocycles. The van der Waals surface area contributed by atoms with Crippen LogP contribution in [0.2, 0.25) is 0 Å². The summed E-state index contributed by atoms with van der Waals surface area (Å²) in [6, 6.07) is 18.9. The minimum absolute atomic E-state index is 0.308. The Morgan fingerprint density at radius 3 is 2.53 bits per heavy atom. The average Bonchev–Trinajstić information content (AvgIpc) is 3.63. The normalized spacial score (nSPS) is 14.5. The quantitative estimate of drug-likeness (QED) is 0.229. The maximum atomic E-state index is 12.7. The fourth-order valence-electron chi connectivity index (χ4n) is 4.95. The third-order valence-corrected chi connectivity index (χ3v) is 7.83. The third kappa shape index (κ3) is 7.56. The molecule has 12 heteroatoms. The second kappa shape index (κ2) is 12.9. The van der Waals surface area contributed by atoms with Crippen LogP contribution < -0.4 is 15.0 Å². The zero-order valence-electron chi connectivity index (χ0n) is 23.9. The lowest BCUT2D eigenvalue weighted by Crippen LogP contribution is -2.29. The molecule has 0 spiro atoms. The van der Waals surface area contributed by atoms with Gasteiger partial charge in [-0.25, -0.2) is 14.5 Å². The Morgan fingerprint density at radius 1 is 1.09 bits per heavy atom. The minimum Gasteiger partial charge on any atom is -0.406 e. The summed E-state index contributed by atoms with van der Waals surface area (Å²) in [6.07, 6.45) is -2.63. The van der Waals surface area contributed by atoms with Crippen LogP contribution in [-0.2, 0) is 6.42 Å². The zero-order chi connectivity index (χ0) is 30.6. The largest absolute Gasteiger partial charge is 0.573 e. The first-order valence-corrected chi connectivity index (χ1v) is 14.8. The van der Waals surface area contributed by atoms with Gasteiger partial charge in [-0.2, -0.15) is 4.99 Å². The molecule has 3 aromatic carbocycles. The van der Waals surface area contributed by atoms with Crippen molar-refractivity contribution in [2.24, 2.45) is 4.99 Å². The Hall–Kier alpha value is -4.32. The van der Waals surface area contributed by atoms with Gasteiger partial charge in [-0.3, -0.25) is 0 Å². The zero-order valence-corrected chi connectivity index (χ0v) is 24.7. The van der Waals surface area contributed by atoms with Gasteiger partial charge in [-0.05, 0) is 66.3 Å². The molecule has 1 aliphatic rings. The van der Waals surface area contributed by atoms with Crippen molar-refractivity contribution >= 4 is 28.6 Å². The topological polar surface area (TPSA) is 84.6 Å². The molecule has 1 N–H and O–H groups in total. The van der Waals surface area contributed by atoms with Crippen LogP contribution in [0.1, 0.15) is 36.5 Å². The molecule has 2 heterocycles. The summed E-state index contributed by atoms with van der Waals surface area (Å²) in [4.78, 5) is 23.5. The van der Waals surface area contributed by atoms with Gasteiger partial charge in [-0.1, -0.05) is 62.0 Å². The molecule has 5 rings (SSSR count). The number of carbonyl (C=O) groups excluding carboxylic acids is 1. The van der Waals surface area contributed by atoms with Crippen molar-refractivity contribution in [1.29, 1.82) is 0 Å². The number of nitrogens with zero attached hydrogens (tertiary/aromatic N) is 5. The van der Waals surface area contributed by atoms with Gasteiger partial charge in [0.1, 0.15) is 12.1 Å². The molecule has 0 unspecified atom stereocenters. The maximum Gasteiger partial charge on any atom is 0.573 e. The van der Waals surface area contributed by atoms with Gasteiger partial charge in [0.15, 0.2) is 11.0 Å². The van der Waals surface area contributed by atoms with Crippen LogP contribution in [0.25, 0.3) is 17.1 Å². The lowest BCUT2D eigenvalue weighted by atomic mass is 9.95. The van der Waals surface area contributed by atoms with E-state index in [2.05, 4.69) is 62.9 Å². The molecule has 1 saturated heterocycles. The van der Waals surface area contributed by atoms with E-state index in [1.165, 1.54) is 46.4 Å². The highest BCUT2D eigenvalue weighted by Crippen LogP contribution is 2.34. The molecule has 0 radical (unpaired) electrons. The van der Waals surface area contributed by atoms with Crippen molar-refractivity contribution in [1.82, 2.24) is 20.1 Å². The number of hydrogen-bond donors (Lipinski definition) is 1. The molecule has 8 nitrogen and oxygen atoms in total. The number of aryl methyl sites for hydroxylation is 1. The van der Waals surface area contributed by atoms with Crippen molar-refractivity contribution in [2.45, 2.75) is 39.5 Å². The predicted octanol–water partition coefficient (Wildman–Crippen LogP) is 7.13. The van der Waals surface area contributed by atoms with Gasteiger partial charge < -0.3 is 15.0 Å². The van der Waals surface area contributed by atoms with Gasteiger partial charge >= 0.3 is 12.4 Å². The molecule has 0 saturated carbocycles. The number of amides is 2. The van der Waals surface area contributed by atoms with Crippen molar-refractivity contribution in [3.05, 3.63) is 89.7 Å². The van der Waals surface area contributed by atoms with Crippen molar-refractivity contribution in [3.8, 4) is 22.8 Å². The third-order valence-electron chi connectivity index (χ3n) is 6.87. The maximum absolute atomic E-state index is 12.7. The molecule has 4 aromatic rings. The highest BCUT2D eigenvalue weighted by atomic mass is 32.2. The molecule has 0 atom stereocenters. The predicted molar refractivity (Wildman–Crippen MR) is 163 cm³/mol. The SMILES string of the molecule is Cc1cccc(N2CCSC2=NC(=O)NCCc2ccc(-c3ncn(-c4ccc(OC(F)(F)F)cc4)n3)cc2)c1C(C)C. The number of urea groups is 1. The van der Waals surface area contributed by atoms with E-state index < -0.39 is 6.36 Å². The lowest BCUT2D eigenvalue weighted by molar-refractivity contribution is -0.274. The van der Waals surface area contributed by atoms with Gasteiger partial charge in [-0.15, -0.1) is 18.3 Å². The van der Waals surface area contributed by atoms with E-state index >= 15 is 0 Å². The van der Waals surface area contributed by atoms with E-state index in [-0.39, 0.29) is 11.8 Å². The fourth-order valence-corrected chi connectivity index (χ4v) is 5.90. The van der Waals surface area contributed by atoms with Crippen LogP contribution in [0, 0.1) is 6.92 Å². The number of rotatable bonds is 8. The number of amidine groups is 1.